The van der Waals surface area contributed by atoms with Crippen LogP contribution in [0.1, 0.15) is 47.8 Å². The number of β-amino-alcohol motifs (C(OH)–C–C–N with tert-alkyl or cyclic N) is 1. The van der Waals surface area contributed by atoms with E-state index in [0.717, 1.165) is 50.0 Å². The van der Waals surface area contributed by atoms with Crippen LogP contribution < -0.4 is 11.1 Å². The number of nitrogens with two attached hydrogens (primary N) is 1. The summed E-state index contributed by atoms with van der Waals surface area (Å²) in [6, 6.07) is 0.00978. The number of anilines is 1. The summed E-state index contributed by atoms with van der Waals surface area (Å²) in [5.41, 5.74) is 7.76. The van der Waals surface area contributed by atoms with E-state index in [1.54, 1.807) is 0 Å². The van der Waals surface area contributed by atoms with E-state index in [2.05, 4.69) is 31.2 Å². The Hall–Kier alpha value is -2.62. The molecule has 1 atom stereocenters. The molecule has 1 fully saturated rings. The van der Waals surface area contributed by atoms with Crippen molar-refractivity contribution in [2.75, 3.05) is 32.0 Å². The number of allylic oxidation sites excluding steroid dienone is 3. The van der Waals surface area contributed by atoms with Crippen LogP contribution in [0.25, 0.3) is 5.57 Å². The normalized spacial score (nSPS) is 20.8. The van der Waals surface area contributed by atoms with Crippen molar-refractivity contribution < 1.29 is 14.3 Å². The van der Waals surface area contributed by atoms with Crippen LogP contribution in [0, 0.1) is 0 Å². The number of amides is 1. The fourth-order valence-electron chi connectivity index (χ4n) is 4.08. The van der Waals surface area contributed by atoms with Gasteiger partial charge in [-0.1, -0.05) is 17.7 Å². The summed E-state index contributed by atoms with van der Waals surface area (Å²) in [4.78, 5) is 18.5. The molecule has 1 aliphatic carbocycles. The number of oxazole rings is 1. The van der Waals surface area contributed by atoms with Gasteiger partial charge in [-0.25, -0.2) is 0 Å². The van der Waals surface area contributed by atoms with Crippen LogP contribution in [0.2, 0.25) is 0 Å². The summed E-state index contributed by atoms with van der Waals surface area (Å²) in [6.45, 7) is 2.88. The van der Waals surface area contributed by atoms with Crippen LogP contribution in [0.3, 0.4) is 0 Å². The quantitative estimate of drug-likeness (QED) is 0.621. The van der Waals surface area contributed by atoms with Crippen molar-refractivity contribution in [2.24, 2.45) is 0 Å². The van der Waals surface area contributed by atoms with Crippen molar-refractivity contribution in [3.05, 3.63) is 47.1 Å². The standard InChI is InChI=1S/C21H27ClN6O3/c22-17-3-1-14(2-4-18(17)25-20(30)19-13-31-21(23)26-19)15-11-24-28(12-15)16-5-7-27(8-6-16)9-10-29/h1,3,11-13,16,18,29H,2,4-10H2,(H2,23,26)(H,25,30). The lowest BCUT2D eigenvalue weighted by Crippen LogP contribution is -2.36. The van der Waals surface area contributed by atoms with Crippen molar-refractivity contribution in [3.63, 3.8) is 0 Å². The molecule has 1 amide bonds. The molecule has 1 aliphatic heterocycles. The Morgan fingerprint density at radius 1 is 1.32 bits per heavy atom. The van der Waals surface area contributed by atoms with Crippen LogP contribution in [-0.4, -0.2) is 63.0 Å². The highest BCUT2D eigenvalue weighted by molar-refractivity contribution is 6.30. The van der Waals surface area contributed by atoms with E-state index in [9.17, 15) is 4.79 Å². The summed E-state index contributed by atoms with van der Waals surface area (Å²) in [5.74, 6) is -0.374. The minimum Gasteiger partial charge on any atom is -0.431 e. The second-order valence-electron chi connectivity index (χ2n) is 7.88. The molecule has 1 unspecified atom stereocenters. The van der Waals surface area contributed by atoms with E-state index in [1.165, 1.54) is 6.26 Å². The first-order chi connectivity index (χ1) is 15.0. The Morgan fingerprint density at radius 2 is 2.13 bits per heavy atom. The Morgan fingerprint density at radius 3 is 2.84 bits per heavy atom. The van der Waals surface area contributed by atoms with Crippen LogP contribution in [0.15, 0.2) is 40.3 Å². The number of hydrogen-bond acceptors (Lipinski definition) is 7. The number of nitrogens with one attached hydrogen (secondary N) is 1. The van der Waals surface area contributed by atoms with Crippen molar-refractivity contribution >= 4 is 29.1 Å². The van der Waals surface area contributed by atoms with Gasteiger partial charge in [0.1, 0.15) is 6.26 Å². The Kier molecular flexibility index (Phi) is 6.74. The number of aromatic nitrogens is 3. The van der Waals surface area contributed by atoms with Crippen molar-refractivity contribution in [2.45, 2.75) is 37.8 Å². The predicted molar refractivity (Wildman–Crippen MR) is 117 cm³/mol. The van der Waals surface area contributed by atoms with Gasteiger partial charge in [-0.2, -0.15) is 10.1 Å². The number of aliphatic hydroxyl groups is 1. The topological polar surface area (TPSA) is 122 Å². The second-order valence-corrected chi connectivity index (χ2v) is 8.32. The van der Waals surface area contributed by atoms with E-state index >= 15 is 0 Å². The van der Waals surface area contributed by atoms with Crippen molar-refractivity contribution in [1.29, 1.82) is 0 Å². The number of carbonyl (C=O) groups excluding carboxylic acids is 1. The maximum atomic E-state index is 12.4. The lowest BCUT2D eigenvalue weighted by molar-refractivity contribution is 0.0937. The van der Waals surface area contributed by atoms with Crippen molar-refractivity contribution in [3.8, 4) is 0 Å². The SMILES string of the molecule is Nc1nc(C(=O)NC2CCC(c3cnn(C4CCN(CCO)CC4)c3)=CC=C2Cl)co1. The maximum Gasteiger partial charge on any atom is 0.292 e. The number of halogens is 1. The lowest BCUT2D eigenvalue weighted by atomic mass is 10.0. The fraction of sp³-hybridized carbons (Fsp3) is 0.476. The molecule has 0 bridgehead atoms. The Bertz CT molecular complexity index is 973. The molecular weight excluding hydrogens is 420 g/mol. The summed E-state index contributed by atoms with van der Waals surface area (Å²) < 4.78 is 6.95. The highest BCUT2D eigenvalue weighted by atomic mass is 35.5. The number of piperidine rings is 1. The van der Waals surface area contributed by atoms with Crippen LogP contribution in [0.5, 0.6) is 0 Å². The minimum atomic E-state index is -0.374. The van der Waals surface area contributed by atoms with Crippen LogP contribution >= 0.6 is 11.6 Å². The average molecular weight is 447 g/mol. The van der Waals surface area contributed by atoms with Gasteiger partial charge in [-0.15, -0.1) is 0 Å². The summed E-state index contributed by atoms with van der Waals surface area (Å²) in [6.07, 6.45) is 12.5. The predicted octanol–water partition coefficient (Wildman–Crippen LogP) is 2.18. The molecule has 4 rings (SSSR count). The molecule has 0 saturated carbocycles. The van der Waals surface area contributed by atoms with Crippen LogP contribution in [-0.2, 0) is 0 Å². The number of hydrogen-bond donors (Lipinski definition) is 3. The number of aliphatic hydroxyl groups excluding tert-OH is 1. The molecule has 0 aromatic carbocycles. The molecule has 4 N–H and O–H groups in total. The molecule has 2 aliphatic rings. The molecule has 166 valence electrons. The number of nitrogen functional groups attached to an aromatic ring is 1. The summed E-state index contributed by atoms with van der Waals surface area (Å²) in [7, 11) is 0. The number of likely N-dealkylation sites (tertiary alicyclic amines) is 1. The van der Waals surface area contributed by atoms with Crippen LogP contribution in [0.4, 0.5) is 6.01 Å². The molecule has 9 nitrogen and oxygen atoms in total. The minimum absolute atomic E-state index is 0.0484. The highest BCUT2D eigenvalue weighted by Gasteiger charge is 2.23. The van der Waals surface area contributed by atoms with Gasteiger partial charge in [-0.3, -0.25) is 9.48 Å². The molecule has 3 heterocycles. The first kappa shape index (κ1) is 21.6. The third kappa shape index (κ3) is 5.17. The average Bonchev–Trinajstić information content (AvgIpc) is 3.39. The van der Waals surface area contributed by atoms with E-state index in [1.807, 2.05) is 18.3 Å². The van der Waals surface area contributed by atoms with Gasteiger partial charge in [0.2, 0.25) is 0 Å². The Labute approximate surface area is 185 Å². The molecule has 31 heavy (non-hydrogen) atoms. The first-order valence-electron chi connectivity index (χ1n) is 10.5. The Balaban J connectivity index is 1.36. The van der Waals surface area contributed by atoms with Gasteiger partial charge in [0.15, 0.2) is 5.69 Å². The molecule has 1 saturated heterocycles. The van der Waals surface area contributed by atoms with Gasteiger partial charge in [0, 0.05) is 36.4 Å². The highest BCUT2D eigenvalue weighted by Crippen LogP contribution is 2.29. The largest absolute Gasteiger partial charge is 0.431 e. The molecule has 0 spiro atoms. The zero-order valence-corrected chi connectivity index (χ0v) is 18.0. The third-order valence-electron chi connectivity index (χ3n) is 5.86. The number of rotatable bonds is 6. The van der Waals surface area contributed by atoms with Gasteiger partial charge in [-0.05, 0) is 37.3 Å². The third-order valence-corrected chi connectivity index (χ3v) is 6.25. The monoisotopic (exact) mass is 446 g/mol. The van der Waals surface area contributed by atoms with E-state index in [4.69, 9.17) is 26.9 Å². The fourth-order valence-corrected chi connectivity index (χ4v) is 4.30. The first-order valence-corrected chi connectivity index (χ1v) is 10.9. The molecular formula is C21H27ClN6O3. The van der Waals surface area contributed by atoms with E-state index in [0.29, 0.717) is 17.5 Å². The number of carbonyl (C=O) groups is 1. The van der Waals surface area contributed by atoms with Crippen molar-refractivity contribution in [1.82, 2.24) is 25.0 Å². The van der Waals surface area contributed by atoms with E-state index in [-0.39, 0.29) is 30.3 Å². The molecule has 10 heteroatoms. The van der Waals surface area contributed by atoms with Gasteiger partial charge < -0.3 is 25.5 Å². The summed E-state index contributed by atoms with van der Waals surface area (Å²) in [5, 5.41) is 17.1. The molecule has 2 aromatic rings. The second kappa shape index (κ2) is 9.67. The number of nitrogens with zero attached hydrogens (tertiary/aromatic N) is 4. The zero-order valence-electron chi connectivity index (χ0n) is 17.2. The molecule has 0 radical (unpaired) electrons. The maximum absolute atomic E-state index is 12.4. The molecule has 2 aromatic heterocycles. The smallest absolute Gasteiger partial charge is 0.292 e. The van der Waals surface area contributed by atoms with Gasteiger partial charge >= 0.3 is 0 Å². The van der Waals surface area contributed by atoms with Gasteiger partial charge in [0.25, 0.3) is 11.9 Å². The van der Waals surface area contributed by atoms with E-state index < -0.39 is 0 Å². The zero-order chi connectivity index (χ0) is 21.8. The van der Waals surface area contributed by atoms with Gasteiger partial charge in [0.05, 0.1) is 24.9 Å². The lowest BCUT2D eigenvalue weighted by Gasteiger charge is -2.31. The summed E-state index contributed by atoms with van der Waals surface area (Å²) >= 11 is 6.43.